The van der Waals surface area contributed by atoms with Crippen LogP contribution in [0.4, 0.5) is 4.39 Å². The molecule has 21 heavy (non-hydrogen) atoms. The summed E-state index contributed by atoms with van der Waals surface area (Å²) in [5.41, 5.74) is 1.85. The van der Waals surface area contributed by atoms with E-state index in [1.807, 2.05) is 36.5 Å². The summed E-state index contributed by atoms with van der Waals surface area (Å²) in [4.78, 5) is 0. The van der Waals surface area contributed by atoms with E-state index in [1.54, 1.807) is 23.0 Å². The summed E-state index contributed by atoms with van der Waals surface area (Å²) in [5, 5.41) is 4.27. The van der Waals surface area contributed by atoms with Crippen LogP contribution in [-0.2, 0) is 6.61 Å². The fraction of sp³-hybridized carbons (Fsp3) is 0.0625. The van der Waals surface area contributed by atoms with Crippen molar-refractivity contribution in [3.05, 3.63) is 76.8 Å². The second-order valence-corrected chi connectivity index (χ2v) is 5.41. The average molecular weight is 347 g/mol. The minimum atomic E-state index is -0.389. The fourth-order valence-corrected chi connectivity index (χ4v) is 2.24. The second kappa shape index (κ2) is 6.10. The molecule has 1 aromatic heterocycles. The predicted molar refractivity (Wildman–Crippen MR) is 82.0 cm³/mol. The topological polar surface area (TPSA) is 27.1 Å². The van der Waals surface area contributed by atoms with Gasteiger partial charge in [0.15, 0.2) is 11.6 Å². The van der Waals surface area contributed by atoms with Gasteiger partial charge in [0.25, 0.3) is 0 Å². The zero-order chi connectivity index (χ0) is 14.7. The van der Waals surface area contributed by atoms with Gasteiger partial charge in [0, 0.05) is 16.2 Å². The minimum absolute atomic E-state index is 0.227. The first-order chi connectivity index (χ1) is 10.2. The Morgan fingerprint density at radius 3 is 2.71 bits per heavy atom. The van der Waals surface area contributed by atoms with Gasteiger partial charge in [-0.1, -0.05) is 34.1 Å². The molecule has 0 aliphatic heterocycles. The largest absolute Gasteiger partial charge is 0.486 e. The summed E-state index contributed by atoms with van der Waals surface area (Å²) in [6.07, 6.45) is 3.58. The van der Waals surface area contributed by atoms with Crippen LogP contribution >= 0.6 is 15.9 Å². The highest BCUT2D eigenvalue weighted by atomic mass is 79.9. The Kier molecular flexibility index (Phi) is 4.01. The number of hydrogen-bond donors (Lipinski definition) is 0. The van der Waals surface area contributed by atoms with Crippen molar-refractivity contribution >= 4 is 15.9 Å². The molecule has 2 aromatic carbocycles. The van der Waals surface area contributed by atoms with Crippen LogP contribution in [0.15, 0.2) is 65.4 Å². The molecule has 0 unspecified atom stereocenters. The molecule has 0 radical (unpaired) electrons. The summed E-state index contributed by atoms with van der Waals surface area (Å²) in [6, 6.07) is 14.5. The molecular weight excluding hydrogens is 335 g/mol. The Morgan fingerprint density at radius 2 is 1.95 bits per heavy atom. The standard InChI is InChI=1S/C16H12BrFN2O/c17-13-6-7-16(15(18)8-13)21-11-12-9-19-20(10-12)14-4-2-1-3-5-14/h1-10H,11H2. The van der Waals surface area contributed by atoms with E-state index in [9.17, 15) is 4.39 Å². The monoisotopic (exact) mass is 346 g/mol. The first-order valence-electron chi connectivity index (χ1n) is 6.39. The lowest BCUT2D eigenvalue weighted by atomic mass is 10.3. The Bertz CT molecular complexity index is 743. The summed E-state index contributed by atoms with van der Waals surface area (Å²) >= 11 is 3.21. The number of para-hydroxylation sites is 1. The predicted octanol–water partition coefficient (Wildman–Crippen LogP) is 4.35. The van der Waals surface area contributed by atoms with Gasteiger partial charge in [-0.15, -0.1) is 0 Å². The molecule has 3 rings (SSSR count). The van der Waals surface area contributed by atoms with Crippen LogP contribution in [0.3, 0.4) is 0 Å². The zero-order valence-corrected chi connectivity index (χ0v) is 12.6. The van der Waals surface area contributed by atoms with Gasteiger partial charge in [-0.25, -0.2) is 9.07 Å². The van der Waals surface area contributed by atoms with Crippen LogP contribution < -0.4 is 4.74 Å². The molecule has 5 heteroatoms. The summed E-state index contributed by atoms with van der Waals surface area (Å²) < 4.78 is 21.6. The zero-order valence-electron chi connectivity index (χ0n) is 11.0. The van der Waals surface area contributed by atoms with Gasteiger partial charge in [-0.05, 0) is 30.3 Å². The maximum absolute atomic E-state index is 13.6. The molecule has 0 atom stereocenters. The Morgan fingerprint density at radius 1 is 1.14 bits per heavy atom. The SMILES string of the molecule is Fc1cc(Br)ccc1OCc1cnn(-c2ccccc2)c1. The highest BCUT2D eigenvalue weighted by molar-refractivity contribution is 9.10. The molecule has 0 saturated heterocycles. The van der Waals surface area contributed by atoms with Crippen molar-refractivity contribution in [1.29, 1.82) is 0 Å². The van der Waals surface area contributed by atoms with Gasteiger partial charge in [0.1, 0.15) is 6.61 Å². The molecule has 3 nitrogen and oxygen atoms in total. The number of hydrogen-bond acceptors (Lipinski definition) is 2. The van der Waals surface area contributed by atoms with Gasteiger partial charge < -0.3 is 4.74 Å². The third kappa shape index (κ3) is 3.31. The van der Waals surface area contributed by atoms with Crippen molar-refractivity contribution < 1.29 is 9.13 Å². The van der Waals surface area contributed by atoms with E-state index in [0.29, 0.717) is 4.47 Å². The van der Waals surface area contributed by atoms with E-state index in [0.717, 1.165) is 11.3 Å². The number of halogens is 2. The minimum Gasteiger partial charge on any atom is -0.486 e. The molecule has 106 valence electrons. The van der Waals surface area contributed by atoms with E-state index >= 15 is 0 Å². The lowest BCUT2D eigenvalue weighted by Gasteiger charge is -2.05. The molecule has 0 aliphatic carbocycles. The molecule has 0 aliphatic rings. The molecule has 0 bridgehead atoms. The van der Waals surface area contributed by atoms with Gasteiger partial charge in [-0.3, -0.25) is 0 Å². The van der Waals surface area contributed by atoms with E-state index in [-0.39, 0.29) is 18.2 Å². The summed E-state index contributed by atoms with van der Waals surface area (Å²) in [5.74, 6) is -0.162. The van der Waals surface area contributed by atoms with Crippen LogP contribution in [0.2, 0.25) is 0 Å². The van der Waals surface area contributed by atoms with Crippen LogP contribution in [-0.4, -0.2) is 9.78 Å². The number of ether oxygens (including phenoxy) is 1. The van der Waals surface area contributed by atoms with Crippen LogP contribution in [0, 0.1) is 5.82 Å². The van der Waals surface area contributed by atoms with E-state index in [2.05, 4.69) is 21.0 Å². The molecule has 0 saturated carbocycles. The van der Waals surface area contributed by atoms with Crippen molar-refractivity contribution in [2.75, 3.05) is 0 Å². The van der Waals surface area contributed by atoms with Crippen LogP contribution in [0.25, 0.3) is 5.69 Å². The number of aromatic nitrogens is 2. The maximum Gasteiger partial charge on any atom is 0.166 e. The third-order valence-corrected chi connectivity index (χ3v) is 3.44. The normalized spacial score (nSPS) is 10.6. The Balaban J connectivity index is 1.70. The molecule has 0 N–H and O–H groups in total. The fourth-order valence-electron chi connectivity index (χ4n) is 1.91. The lowest BCUT2D eigenvalue weighted by Crippen LogP contribution is -1.97. The second-order valence-electron chi connectivity index (χ2n) is 4.49. The van der Waals surface area contributed by atoms with Crippen LogP contribution in [0.5, 0.6) is 5.75 Å². The molecule has 1 heterocycles. The first kappa shape index (κ1) is 13.8. The van der Waals surface area contributed by atoms with Gasteiger partial charge in [0.05, 0.1) is 11.9 Å². The molecular formula is C16H12BrFN2O. The lowest BCUT2D eigenvalue weighted by molar-refractivity contribution is 0.290. The molecule has 0 fully saturated rings. The maximum atomic E-state index is 13.6. The van der Waals surface area contributed by atoms with Gasteiger partial charge in [0.2, 0.25) is 0 Å². The molecule has 0 spiro atoms. The van der Waals surface area contributed by atoms with Crippen molar-refractivity contribution in [3.8, 4) is 11.4 Å². The van der Waals surface area contributed by atoms with E-state index in [4.69, 9.17) is 4.74 Å². The van der Waals surface area contributed by atoms with Gasteiger partial charge in [-0.2, -0.15) is 5.10 Å². The highest BCUT2D eigenvalue weighted by Crippen LogP contribution is 2.22. The number of rotatable bonds is 4. The molecule has 3 aromatic rings. The quantitative estimate of drug-likeness (QED) is 0.702. The van der Waals surface area contributed by atoms with E-state index in [1.165, 1.54) is 6.07 Å². The Hall–Kier alpha value is -2.14. The van der Waals surface area contributed by atoms with E-state index < -0.39 is 0 Å². The Labute approximate surface area is 130 Å². The van der Waals surface area contributed by atoms with Crippen molar-refractivity contribution in [2.24, 2.45) is 0 Å². The number of nitrogens with zero attached hydrogens (tertiary/aromatic N) is 2. The highest BCUT2D eigenvalue weighted by Gasteiger charge is 2.06. The smallest absolute Gasteiger partial charge is 0.166 e. The first-order valence-corrected chi connectivity index (χ1v) is 7.18. The van der Waals surface area contributed by atoms with Gasteiger partial charge >= 0.3 is 0 Å². The van der Waals surface area contributed by atoms with Crippen molar-refractivity contribution in [2.45, 2.75) is 6.61 Å². The third-order valence-electron chi connectivity index (χ3n) is 2.95. The summed E-state index contributed by atoms with van der Waals surface area (Å²) in [6.45, 7) is 0.269. The van der Waals surface area contributed by atoms with Crippen molar-refractivity contribution in [3.63, 3.8) is 0 Å². The molecule has 0 amide bonds. The van der Waals surface area contributed by atoms with Crippen LogP contribution in [0.1, 0.15) is 5.56 Å². The average Bonchev–Trinajstić information content (AvgIpc) is 2.96. The number of benzene rings is 2. The van der Waals surface area contributed by atoms with Crippen molar-refractivity contribution in [1.82, 2.24) is 9.78 Å². The summed E-state index contributed by atoms with van der Waals surface area (Å²) in [7, 11) is 0.